The van der Waals surface area contributed by atoms with E-state index in [0.717, 1.165) is 25.3 Å². The van der Waals surface area contributed by atoms with Crippen LogP contribution in [0.4, 0.5) is 0 Å². The molecule has 1 unspecified atom stereocenters. The van der Waals surface area contributed by atoms with Crippen molar-refractivity contribution in [1.82, 2.24) is 30.1 Å². The lowest BCUT2D eigenvalue weighted by molar-refractivity contribution is 0.146. The van der Waals surface area contributed by atoms with Crippen LogP contribution in [0.25, 0.3) is 17.3 Å². The Hall–Kier alpha value is -2.75. The fourth-order valence-corrected chi connectivity index (χ4v) is 3.12. The number of piperazine rings is 1. The number of hydrogen-bond acceptors (Lipinski definition) is 8. The van der Waals surface area contributed by atoms with Gasteiger partial charge < -0.3 is 19.3 Å². The lowest BCUT2D eigenvalue weighted by Crippen LogP contribution is -2.44. The van der Waals surface area contributed by atoms with Crippen molar-refractivity contribution in [2.45, 2.75) is 6.04 Å². The van der Waals surface area contributed by atoms with Crippen LogP contribution in [0.5, 0.6) is 5.75 Å². The van der Waals surface area contributed by atoms with Gasteiger partial charge in [0.2, 0.25) is 0 Å². The summed E-state index contributed by atoms with van der Waals surface area (Å²) in [7, 11) is 3.70. The van der Waals surface area contributed by atoms with Crippen LogP contribution in [0, 0.1) is 0 Å². The third-order valence-corrected chi connectivity index (χ3v) is 4.70. The Morgan fingerprint density at radius 2 is 2.11 bits per heavy atom. The van der Waals surface area contributed by atoms with Crippen LogP contribution in [0.2, 0.25) is 0 Å². The summed E-state index contributed by atoms with van der Waals surface area (Å²) in [5.74, 6) is 1.56. The van der Waals surface area contributed by atoms with Gasteiger partial charge >= 0.3 is 0 Å². The maximum Gasteiger partial charge on any atom is 0.282 e. The number of rotatable bonds is 7. The summed E-state index contributed by atoms with van der Waals surface area (Å²) in [5, 5.41) is 12.2. The van der Waals surface area contributed by atoms with Crippen molar-refractivity contribution in [3.63, 3.8) is 0 Å². The molecule has 3 heterocycles. The van der Waals surface area contributed by atoms with E-state index in [1.165, 1.54) is 0 Å². The molecule has 148 valence electrons. The molecule has 1 saturated heterocycles. The van der Waals surface area contributed by atoms with Gasteiger partial charge in [-0.1, -0.05) is 23.4 Å². The number of nitrogens with zero attached hydrogens (tertiary/aromatic N) is 5. The minimum absolute atomic E-state index is 0.0697. The first-order valence-corrected chi connectivity index (χ1v) is 9.28. The SMILES string of the molecule is COCCOc1cn(-c2ccccc2)nc1-c1nc(C2CNCCN2C)no1. The van der Waals surface area contributed by atoms with Gasteiger partial charge in [0.25, 0.3) is 5.89 Å². The Bertz CT molecular complexity index is 894. The second kappa shape index (κ2) is 8.51. The van der Waals surface area contributed by atoms with Gasteiger partial charge in [0.05, 0.1) is 24.5 Å². The number of ether oxygens (including phenoxy) is 2. The molecule has 4 rings (SSSR count). The van der Waals surface area contributed by atoms with E-state index in [1.54, 1.807) is 11.8 Å². The molecule has 0 bridgehead atoms. The summed E-state index contributed by atoms with van der Waals surface area (Å²) in [5.41, 5.74) is 1.44. The standard InChI is InChI=1S/C19H24N6O3/c1-24-9-8-20-12-15(24)18-21-19(28-23-18)17-16(27-11-10-26-2)13-25(22-17)14-6-4-3-5-7-14/h3-7,13,15,20H,8-12H2,1-2H3. The second-order valence-corrected chi connectivity index (χ2v) is 6.62. The van der Waals surface area contributed by atoms with Crippen molar-refractivity contribution in [3.8, 4) is 23.0 Å². The summed E-state index contributed by atoms with van der Waals surface area (Å²) < 4.78 is 18.2. The average molecular weight is 384 g/mol. The largest absolute Gasteiger partial charge is 0.487 e. The van der Waals surface area contributed by atoms with Gasteiger partial charge in [-0.25, -0.2) is 4.68 Å². The molecule has 0 radical (unpaired) electrons. The van der Waals surface area contributed by atoms with Gasteiger partial charge in [0, 0.05) is 26.7 Å². The molecule has 3 aromatic rings. The zero-order valence-electron chi connectivity index (χ0n) is 16.0. The highest BCUT2D eigenvalue weighted by Crippen LogP contribution is 2.30. The number of methoxy groups -OCH3 is 1. The molecular formula is C19H24N6O3. The van der Waals surface area contributed by atoms with Crippen LogP contribution < -0.4 is 10.1 Å². The Labute approximate surface area is 163 Å². The number of para-hydroxylation sites is 1. The molecule has 1 N–H and O–H groups in total. The maximum atomic E-state index is 5.85. The molecule has 0 spiro atoms. The van der Waals surface area contributed by atoms with Crippen molar-refractivity contribution >= 4 is 0 Å². The van der Waals surface area contributed by atoms with Gasteiger partial charge in [-0.15, -0.1) is 0 Å². The van der Waals surface area contributed by atoms with Crippen LogP contribution in [0.3, 0.4) is 0 Å². The number of nitrogens with one attached hydrogen (secondary N) is 1. The first-order chi connectivity index (χ1) is 13.8. The maximum absolute atomic E-state index is 5.85. The summed E-state index contributed by atoms with van der Waals surface area (Å²) in [6.45, 7) is 3.55. The predicted octanol–water partition coefficient (Wildman–Crippen LogP) is 1.52. The quantitative estimate of drug-likeness (QED) is 0.613. The number of aromatic nitrogens is 4. The molecule has 1 atom stereocenters. The third kappa shape index (κ3) is 3.91. The molecule has 9 nitrogen and oxygen atoms in total. The average Bonchev–Trinajstić information content (AvgIpc) is 3.36. The highest BCUT2D eigenvalue weighted by atomic mass is 16.5. The van der Waals surface area contributed by atoms with Crippen LogP contribution in [-0.2, 0) is 4.74 Å². The van der Waals surface area contributed by atoms with Gasteiger partial charge in [-0.2, -0.15) is 10.1 Å². The minimum Gasteiger partial charge on any atom is -0.487 e. The minimum atomic E-state index is 0.0697. The zero-order valence-corrected chi connectivity index (χ0v) is 16.0. The highest BCUT2D eigenvalue weighted by molar-refractivity contribution is 5.57. The first-order valence-electron chi connectivity index (χ1n) is 9.28. The van der Waals surface area contributed by atoms with Crippen LogP contribution in [-0.4, -0.2) is 71.8 Å². The van der Waals surface area contributed by atoms with Crippen molar-refractivity contribution in [2.24, 2.45) is 0 Å². The Morgan fingerprint density at radius 3 is 2.89 bits per heavy atom. The summed E-state index contributed by atoms with van der Waals surface area (Å²) >= 11 is 0. The summed E-state index contributed by atoms with van der Waals surface area (Å²) in [6.07, 6.45) is 1.82. The molecule has 1 aliphatic rings. The van der Waals surface area contributed by atoms with Crippen molar-refractivity contribution < 1.29 is 14.0 Å². The normalized spacial score (nSPS) is 17.7. The third-order valence-electron chi connectivity index (χ3n) is 4.70. The number of hydrogen-bond donors (Lipinski definition) is 1. The van der Waals surface area contributed by atoms with Crippen LogP contribution in [0.15, 0.2) is 41.1 Å². The molecule has 1 fully saturated rings. The molecule has 2 aromatic heterocycles. The van der Waals surface area contributed by atoms with Crippen LogP contribution >= 0.6 is 0 Å². The van der Waals surface area contributed by atoms with Crippen molar-refractivity contribution in [1.29, 1.82) is 0 Å². The van der Waals surface area contributed by atoms with Gasteiger partial charge in [0.15, 0.2) is 17.3 Å². The van der Waals surface area contributed by atoms with E-state index in [1.807, 2.05) is 36.5 Å². The first kappa shape index (κ1) is 18.6. The van der Waals surface area contributed by atoms with E-state index in [-0.39, 0.29) is 6.04 Å². The fraction of sp³-hybridized carbons (Fsp3) is 0.421. The zero-order chi connectivity index (χ0) is 19.3. The Balaban J connectivity index is 1.64. The molecule has 1 aromatic carbocycles. The highest BCUT2D eigenvalue weighted by Gasteiger charge is 2.27. The van der Waals surface area contributed by atoms with E-state index >= 15 is 0 Å². The molecule has 0 amide bonds. The van der Waals surface area contributed by atoms with Crippen LogP contribution in [0.1, 0.15) is 11.9 Å². The Kier molecular flexibility index (Phi) is 5.65. The molecule has 9 heteroatoms. The predicted molar refractivity (Wildman–Crippen MR) is 102 cm³/mol. The van der Waals surface area contributed by atoms with E-state index < -0.39 is 0 Å². The van der Waals surface area contributed by atoms with E-state index in [0.29, 0.717) is 36.4 Å². The molecular weight excluding hydrogens is 360 g/mol. The van der Waals surface area contributed by atoms with E-state index in [2.05, 4.69) is 32.5 Å². The van der Waals surface area contributed by atoms with E-state index in [9.17, 15) is 0 Å². The monoisotopic (exact) mass is 384 g/mol. The summed E-state index contributed by atoms with van der Waals surface area (Å²) in [4.78, 5) is 6.82. The van der Waals surface area contributed by atoms with Gasteiger partial charge in [-0.3, -0.25) is 4.90 Å². The lowest BCUT2D eigenvalue weighted by atomic mass is 10.2. The van der Waals surface area contributed by atoms with Crippen molar-refractivity contribution in [3.05, 3.63) is 42.4 Å². The second-order valence-electron chi connectivity index (χ2n) is 6.62. The summed E-state index contributed by atoms with van der Waals surface area (Å²) in [6, 6.07) is 9.89. The molecule has 0 aliphatic carbocycles. The fourth-order valence-electron chi connectivity index (χ4n) is 3.12. The van der Waals surface area contributed by atoms with Crippen molar-refractivity contribution in [2.75, 3.05) is 47.0 Å². The van der Waals surface area contributed by atoms with Gasteiger partial charge in [-0.05, 0) is 19.2 Å². The number of benzene rings is 1. The lowest BCUT2D eigenvalue weighted by Gasteiger charge is -2.30. The Morgan fingerprint density at radius 1 is 1.25 bits per heavy atom. The molecule has 0 saturated carbocycles. The van der Waals surface area contributed by atoms with Gasteiger partial charge in [0.1, 0.15) is 6.61 Å². The molecule has 1 aliphatic heterocycles. The van der Waals surface area contributed by atoms with E-state index in [4.69, 9.17) is 14.0 Å². The smallest absolute Gasteiger partial charge is 0.282 e. The topological polar surface area (TPSA) is 90.5 Å². The number of likely N-dealkylation sites (N-methyl/N-ethyl adjacent to an activating group) is 1. The molecule has 28 heavy (non-hydrogen) atoms.